The lowest BCUT2D eigenvalue weighted by Crippen LogP contribution is -2.28. The molecule has 1 amide bonds. The number of carbonyl (C=O) groups is 1. The Balaban J connectivity index is 1.36. The number of rotatable bonds is 9. The van der Waals surface area contributed by atoms with Crippen LogP contribution in [0.4, 0.5) is 5.69 Å². The van der Waals surface area contributed by atoms with Gasteiger partial charge in [-0.1, -0.05) is 72.7 Å². The molecule has 40 heavy (non-hydrogen) atoms. The minimum Gasteiger partial charge on any atom is -0.474 e. The summed E-state index contributed by atoms with van der Waals surface area (Å²) in [5.74, 6) is 6.46. The van der Waals surface area contributed by atoms with Gasteiger partial charge in [0.05, 0.1) is 0 Å². The highest BCUT2D eigenvalue weighted by molar-refractivity contribution is 5.88. The maximum Gasteiger partial charge on any atom is 0.249 e. The highest BCUT2D eigenvalue weighted by Gasteiger charge is 2.12. The molecule has 0 radical (unpaired) electrons. The molecule has 5 rings (SSSR count). The summed E-state index contributed by atoms with van der Waals surface area (Å²) in [6.45, 7) is 4.16. The summed E-state index contributed by atoms with van der Waals surface area (Å²) >= 11 is 0. The van der Waals surface area contributed by atoms with Crippen LogP contribution in [-0.4, -0.2) is 38.9 Å². The summed E-state index contributed by atoms with van der Waals surface area (Å²) in [6, 6.07) is 31.8. The van der Waals surface area contributed by atoms with Crippen molar-refractivity contribution >= 4 is 22.8 Å². The van der Waals surface area contributed by atoms with Gasteiger partial charge < -0.3 is 10.1 Å². The van der Waals surface area contributed by atoms with Crippen molar-refractivity contribution in [2.45, 2.75) is 20.0 Å². The number of hydrogen-bond acceptors (Lipinski definition) is 6. The molecule has 0 aliphatic rings. The molecule has 0 fully saturated rings. The molecule has 0 bridgehead atoms. The maximum atomic E-state index is 11.4. The number of fused-ring (bicyclic) bond motifs is 1. The average molecular weight is 528 g/mol. The first-order chi connectivity index (χ1) is 19.6. The monoisotopic (exact) mass is 527 g/mol. The topological polar surface area (TPSA) is 80.2 Å². The van der Waals surface area contributed by atoms with Crippen LogP contribution in [0.3, 0.4) is 0 Å². The van der Waals surface area contributed by atoms with E-state index in [9.17, 15) is 4.79 Å². The quantitative estimate of drug-likeness (QED) is 0.256. The Kier molecular flexibility index (Phi) is 8.72. The Morgan fingerprint density at radius 2 is 1.57 bits per heavy atom. The Hall–Kier alpha value is -5.06. The fourth-order valence-electron chi connectivity index (χ4n) is 4.24. The number of hydrogen-bond donors (Lipinski definition) is 1. The van der Waals surface area contributed by atoms with Gasteiger partial charge in [0.2, 0.25) is 11.8 Å². The average Bonchev–Trinajstić information content (AvgIpc) is 2.97. The van der Waals surface area contributed by atoms with Crippen molar-refractivity contribution in [2.24, 2.45) is 0 Å². The number of carbonyl (C=O) groups excluding carboxylic acids is 1. The standard InChI is InChI=1S/C33H29N5O2/c1-25(39)35-29-15-8-14-26(22-29)17-18-31-33(37-30-16-9-19-34-32(30)36-31)40-21-20-38(23-27-10-4-2-5-11-27)24-28-12-6-3-7-13-28/h2-16,19,22H,20-21,23-24H2,1H3,(H,35,39). The first-order valence-corrected chi connectivity index (χ1v) is 13.1. The van der Waals surface area contributed by atoms with Crippen molar-refractivity contribution in [2.75, 3.05) is 18.5 Å². The molecule has 198 valence electrons. The number of amides is 1. The summed E-state index contributed by atoms with van der Waals surface area (Å²) in [4.78, 5) is 27.4. The summed E-state index contributed by atoms with van der Waals surface area (Å²) in [7, 11) is 0. The third-order valence-corrected chi connectivity index (χ3v) is 6.06. The molecule has 0 spiro atoms. The van der Waals surface area contributed by atoms with Crippen LogP contribution in [0.1, 0.15) is 29.3 Å². The van der Waals surface area contributed by atoms with E-state index in [4.69, 9.17) is 4.74 Å². The lowest BCUT2D eigenvalue weighted by atomic mass is 10.1. The Morgan fingerprint density at radius 3 is 2.27 bits per heavy atom. The van der Waals surface area contributed by atoms with Crippen molar-refractivity contribution in [1.82, 2.24) is 19.9 Å². The van der Waals surface area contributed by atoms with Gasteiger partial charge in [-0.15, -0.1) is 0 Å². The van der Waals surface area contributed by atoms with Crippen LogP contribution in [0.2, 0.25) is 0 Å². The highest BCUT2D eigenvalue weighted by Crippen LogP contribution is 2.18. The second-order valence-corrected chi connectivity index (χ2v) is 9.27. The zero-order valence-electron chi connectivity index (χ0n) is 22.2. The van der Waals surface area contributed by atoms with Crippen LogP contribution in [0, 0.1) is 11.8 Å². The first kappa shape index (κ1) is 26.5. The van der Waals surface area contributed by atoms with E-state index in [2.05, 4.69) is 85.5 Å². The third kappa shape index (κ3) is 7.50. The molecule has 0 aliphatic carbocycles. The lowest BCUT2D eigenvalue weighted by Gasteiger charge is -2.22. The molecule has 0 aliphatic heterocycles. The fourth-order valence-corrected chi connectivity index (χ4v) is 4.24. The van der Waals surface area contributed by atoms with Gasteiger partial charge in [0.1, 0.15) is 12.1 Å². The Bertz CT molecular complexity index is 1600. The van der Waals surface area contributed by atoms with E-state index in [1.165, 1.54) is 18.1 Å². The molecular formula is C33H29N5O2. The van der Waals surface area contributed by atoms with Crippen molar-refractivity contribution in [3.8, 4) is 17.7 Å². The van der Waals surface area contributed by atoms with Crippen LogP contribution in [0.25, 0.3) is 11.2 Å². The zero-order chi connectivity index (χ0) is 27.6. The van der Waals surface area contributed by atoms with Gasteiger partial charge in [-0.2, -0.15) is 0 Å². The van der Waals surface area contributed by atoms with Crippen molar-refractivity contribution in [3.05, 3.63) is 126 Å². The van der Waals surface area contributed by atoms with E-state index in [0.717, 1.165) is 18.7 Å². The molecule has 0 saturated carbocycles. The first-order valence-electron chi connectivity index (χ1n) is 13.1. The number of ether oxygens (including phenoxy) is 1. The van der Waals surface area contributed by atoms with E-state index < -0.39 is 0 Å². The maximum absolute atomic E-state index is 11.4. The molecule has 5 aromatic rings. The van der Waals surface area contributed by atoms with Gasteiger partial charge in [0, 0.05) is 44.0 Å². The minimum atomic E-state index is -0.138. The van der Waals surface area contributed by atoms with Gasteiger partial charge in [-0.05, 0) is 47.4 Å². The van der Waals surface area contributed by atoms with Crippen LogP contribution in [-0.2, 0) is 17.9 Å². The Labute approximate surface area is 233 Å². The van der Waals surface area contributed by atoms with E-state index in [1.807, 2.05) is 48.5 Å². The van der Waals surface area contributed by atoms with Crippen molar-refractivity contribution in [3.63, 3.8) is 0 Å². The van der Waals surface area contributed by atoms with Gasteiger partial charge in [-0.3, -0.25) is 9.69 Å². The SMILES string of the molecule is CC(=O)Nc1cccc(C#Cc2nc3ncccc3nc2OCCN(Cc2ccccc2)Cc2ccccc2)c1. The second kappa shape index (κ2) is 13.1. The number of nitrogens with zero attached hydrogens (tertiary/aromatic N) is 4. The summed E-state index contributed by atoms with van der Waals surface area (Å²) < 4.78 is 6.21. The van der Waals surface area contributed by atoms with Gasteiger partial charge in [0.25, 0.3) is 0 Å². The van der Waals surface area contributed by atoms with Gasteiger partial charge >= 0.3 is 0 Å². The van der Waals surface area contributed by atoms with Crippen LogP contribution >= 0.6 is 0 Å². The normalized spacial score (nSPS) is 10.7. The van der Waals surface area contributed by atoms with E-state index in [-0.39, 0.29) is 5.91 Å². The molecule has 0 saturated heterocycles. The van der Waals surface area contributed by atoms with Gasteiger partial charge in [0.15, 0.2) is 11.3 Å². The molecule has 7 heteroatoms. The molecule has 2 aromatic heterocycles. The second-order valence-electron chi connectivity index (χ2n) is 9.27. The summed E-state index contributed by atoms with van der Waals surface area (Å²) in [5.41, 5.74) is 5.44. The molecular weight excluding hydrogens is 498 g/mol. The number of nitrogens with one attached hydrogen (secondary N) is 1. The molecule has 0 atom stereocenters. The van der Waals surface area contributed by atoms with E-state index in [0.29, 0.717) is 41.6 Å². The summed E-state index contributed by atoms with van der Waals surface area (Å²) in [6.07, 6.45) is 1.68. The summed E-state index contributed by atoms with van der Waals surface area (Å²) in [5, 5.41) is 2.78. The highest BCUT2D eigenvalue weighted by atomic mass is 16.5. The molecule has 2 heterocycles. The van der Waals surface area contributed by atoms with Crippen LogP contribution < -0.4 is 10.1 Å². The van der Waals surface area contributed by atoms with Crippen molar-refractivity contribution < 1.29 is 9.53 Å². The minimum absolute atomic E-state index is 0.138. The van der Waals surface area contributed by atoms with E-state index in [1.54, 1.807) is 6.20 Å². The Morgan fingerprint density at radius 1 is 0.850 bits per heavy atom. The predicted molar refractivity (Wildman–Crippen MR) is 157 cm³/mol. The van der Waals surface area contributed by atoms with Crippen LogP contribution in [0.5, 0.6) is 5.88 Å². The smallest absolute Gasteiger partial charge is 0.249 e. The number of benzene rings is 3. The molecule has 7 nitrogen and oxygen atoms in total. The lowest BCUT2D eigenvalue weighted by molar-refractivity contribution is -0.114. The zero-order valence-corrected chi connectivity index (χ0v) is 22.2. The largest absolute Gasteiger partial charge is 0.474 e. The number of anilines is 1. The third-order valence-electron chi connectivity index (χ3n) is 6.06. The molecule has 0 unspecified atom stereocenters. The number of pyridine rings is 1. The van der Waals surface area contributed by atoms with Gasteiger partial charge in [-0.25, -0.2) is 15.0 Å². The van der Waals surface area contributed by atoms with Crippen LogP contribution in [0.15, 0.2) is 103 Å². The fraction of sp³-hybridized carbons (Fsp3) is 0.152. The van der Waals surface area contributed by atoms with E-state index >= 15 is 0 Å². The number of aromatic nitrogens is 3. The molecule has 3 aromatic carbocycles. The predicted octanol–water partition coefficient (Wildman–Crippen LogP) is 5.46. The molecule has 1 N–H and O–H groups in total. The van der Waals surface area contributed by atoms with Crippen molar-refractivity contribution in [1.29, 1.82) is 0 Å².